The van der Waals surface area contributed by atoms with Crippen molar-refractivity contribution in [3.63, 3.8) is 0 Å². The molecule has 16 heteroatoms. The number of hydrogen-bond donors (Lipinski definition) is 8. The van der Waals surface area contributed by atoms with Gasteiger partial charge >= 0.3 is 5.96 Å². The smallest absolute Gasteiger partial charge is 0.338 e. The number of hydrogen-bond acceptors (Lipinski definition) is 10. The van der Waals surface area contributed by atoms with Crippen LogP contribution >= 0.6 is 0 Å². The standard InChI is InChI=1S/C34H51N7O5.C7H8O3S/c1-21-15-26(42)16-22(2)27(21)18-25(20-30(43)28(36)11-8-14-40-34(38)39)33(46)41-29(12-6-7-13-35)31(44)19-24(32(37)45)17-23-9-4-3-5-10-23;1-6-2-4-7(5-3-6)11(8,9)10/h3-5,9-10,15-16,24-25,28-29,42H,6-8,11-14,17-20,35-36H2,1-2H3,(H2,37,45)(H,41,46)(H4,38,39,40);2-5H,1H3,(H,8,9,10)/t24-,25-,28-,29+;/m1./s1. The van der Waals surface area contributed by atoms with Crippen LogP contribution < -0.4 is 39.0 Å². The molecule has 0 fully saturated rings. The Hall–Kier alpha value is -5.16. The molecule has 57 heavy (non-hydrogen) atoms. The summed E-state index contributed by atoms with van der Waals surface area (Å²) in [7, 11) is -4.27. The molecule has 0 unspecified atom stereocenters. The van der Waals surface area contributed by atoms with Crippen LogP contribution in [0.15, 0.2) is 71.6 Å². The minimum atomic E-state index is -4.27. The van der Waals surface area contributed by atoms with Crippen molar-refractivity contribution in [3.8, 4) is 5.75 Å². The summed E-state index contributed by atoms with van der Waals surface area (Å²) in [6.07, 6.45) is 2.67. The highest BCUT2D eigenvalue weighted by atomic mass is 32.2. The number of primary amides is 1. The number of ketones is 2. The highest BCUT2D eigenvalue weighted by Crippen LogP contribution is 2.26. The van der Waals surface area contributed by atoms with Crippen LogP contribution in [-0.2, 0) is 42.1 Å². The molecular formula is C41H59N7O8S. The number of guanidine groups is 1. The fourth-order valence-corrected chi connectivity index (χ4v) is 6.73. The zero-order valence-corrected chi connectivity index (χ0v) is 33.9. The van der Waals surface area contributed by atoms with E-state index in [0.717, 1.165) is 27.8 Å². The molecule has 3 aromatic rings. The minimum Gasteiger partial charge on any atom is -0.744 e. The fourth-order valence-electron chi connectivity index (χ4n) is 6.26. The third kappa shape index (κ3) is 17.7. The number of rotatable bonds is 22. The summed E-state index contributed by atoms with van der Waals surface area (Å²) < 4.78 is 31.2. The van der Waals surface area contributed by atoms with Crippen molar-refractivity contribution in [1.82, 2.24) is 5.32 Å². The van der Waals surface area contributed by atoms with E-state index in [4.69, 9.17) is 28.7 Å². The molecule has 0 aromatic heterocycles. The molecule has 0 aliphatic heterocycles. The second-order valence-electron chi connectivity index (χ2n) is 14.3. The second kappa shape index (κ2) is 23.8. The Morgan fingerprint density at radius 2 is 1.40 bits per heavy atom. The van der Waals surface area contributed by atoms with E-state index in [1.54, 1.807) is 24.3 Å². The molecule has 13 N–H and O–H groups in total. The summed E-state index contributed by atoms with van der Waals surface area (Å²) in [5.41, 5.74) is 32.6. The molecule has 3 aromatic carbocycles. The lowest BCUT2D eigenvalue weighted by molar-refractivity contribution is -0.459. The largest absolute Gasteiger partial charge is 0.744 e. The zero-order valence-electron chi connectivity index (χ0n) is 33.0. The summed E-state index contributed by atoms with van der Waals surface area (Å²) in [4.78, 5) is 55.8. The van der Waals surface area contributed by atoms with E-state index in [1.165, 1.54) is 12.1 Å². The molecule has 0 radical (unpaired) electrons. The van der Waals surface area contributed by atoms with Gasteiger partial charge < -0.3 is 32.2 Å². The van der Waals surface area contributed by atoms with Gasteiger partial charge in [-0.25, -0.2) is 8.42 Å². The maximum atomic E-state index is 13.9. The normalized spacial score (nSPS) is 13.2. The molecule has 0 heterocycles. The van der Waals surface area contributed by atoms with Gasteiger partial charge in [0.15, 0.2) is 5.78 Å². The van der Waals surface area contributed by atoms with Gasteiger partial charge in [0.05, 0.1) is 23.5 Å². The average molecular weight is 810 g/mol. The van der Waals surface area contributed by atoms with Crippen molar-refractivity contribution in [2.75, 3.05) is 13.1 Å². The van der Waals surface area contributed by atoms with Crippen LogP contribution in [0.1, 0.15) is 72.8 Å². The van der Waals surface area contributed by atoms with Crippen LogP contribution in [-0.4, -0.2) is 72.6 Å². The molecule has 0 saturated carbocycles. The van der Waals surface area contributed by atoms with Crippen molar-refractivity contribution in [1.29, 1.82) is 0 Å². The maximum Gasteiger partial charge on any atom is 0.338 e. The second-order valence-corrected chi connectivity index (χ2v) is 15.7. The quantitative estimate of drug-likeness (QED) is 0.0296. The van der Waals surface area contributed by atoms with E-state index < -0.39 is 45.9 Å². The molecule has 15 nitrogen and oxygen atoms in total. The van der Waals surface area contributed by atoms with E-state index in [-0.39, 0.29) is 47.4 Å². The predicted molar refractivity (Wildman–Crippen MR) is 217 cm³/mol. The summed E-state index contributed by atoms with van der Waals surface area (Å²) in [6.45, 7) is 6.34. The first-order valence-electron chi connectivity index (χ1n) is 18.9. The molecule has 0 spiro atoms. The van der Waals surface area contributed by atoms with Gasteiger partial charge in [-0.2, -0.15) is 0 Å². The van der Waals surface area contributed by atoms with E-state index in [9.17, 15) is 37.3 Å². The van der Waals surface area contributed by atoms with Crippen LogP contribution in [0.5, 0.6) is 5.75 Å². The lowest BCUT2D eigenvalue weighted by atomic mass is 9.86. The number of carbonyl (C=O) groups is 4. The number of benzene rings is 3. The van der Waals surface area contributed by atoms with Gasteiger partial charge in [0.25, 0.3) is 0 Å². The highest BCUT2D eigenvalue weighted by Gasteiger charge is 2.31. The first kappa shape index (κ1) is 48.0. The van der Waals surface area contributed by atoms with Gasteiger partial charge in [-0.15, -0.1) is 0 Å². The zero-order chi connectivity index (χ0) is 42.7. The van der Waals surface area contributed by atoms with Crippen molar-refractivity contribution >= 4 is 39.5 Å². The van der Waals surface area contributed by atoms with E-state index in [1.807, 2.05) is 51.1 Å². The van der Waals surface area contributed by atoms with Gasteiger partial charge in [0.2, 0.25) is 11.8 Å². The molecule has 0 aliphatic carbocycles. The number of carbonyl (C=O) groups excluding carboxylic acids is 4. The number of phenolic OH excluding ortho intramolecular Hbond substituents is 1. The van der Waals surface area contributed by atoms with Crippen LogP contribution in [0.25, 0.3) is 0 Å². The first-order valence-corrected chi connectivity index (χ1v) is 20.3. The third-order valence-electron chi connectivity index (χ3n) is 9.52. The Morgan fingerprint density at radius 3 is 1.95 bits per heavy atom. The van der Waals surface area contributed by atoms with Crippen LogP contribution in [0.4, 0.5) is 0 Å². The maximum absolute atomic E-state index is 13.9. The number of unbranched alkanes of at least 4 members (excludes halogenated alkanes) is 1. The number of Topliss-reactive ketones (excluding diaryl/α,β-unsaturated/α-hetero) is 2. The fraction of sp³-hybridized carbons (Fsp3) is 0.439. The van der Waals surface area contributed by atoms with Gasteiger partial charge in [0, 0.05) is 24.7 Å². The Labute approximate surface area is 335 Å². The Balaban J connectivity index is 0.000000872. The average Bonchev–Trinajstić information content (AvgIpc) is 3.13. The molecule has 0 aliphatic rings. The lowest BCUT2D eigenvalue weighted by Crippen LogP contribution is -2.78. The van der Waals surface area contributed by atoms with Crippen LogP contribution in [0, 0.1) is 32.6 Å². The van der Waals surface area contributed by atoms with Crippen molar-refractivity contribution < 1.29 is 42.2 Å². The lowest BCUT2D eigenvalue weighted by Gasteiger charge is -2.25. The third-order valence-corrected chi connectivity index (χ3v) is 10.4. The predicted octanol–water partition coefficient (Wildman–Crippen LogP) is 0.405. The number of nitrogens with two attached hydrogens (primary N) is 5. The molecule has 4 atom stereocenters. The monoisotopic (exact) mass is 809 g/mol. The number of nitrogens with one attached hydrogen (secondary N) is 2. The SMILES string of the molecule is Cc1cc(O)cc(C)c1C[C@H](CC(=O)[C@H](N)CCC[NH+]=C(N)N)C(=O)N[C@@H](CCCCN)C(=O)C[C@@H](Cc1ccccc1)C(N)=O.Cc1ccc(S(=O)(=O)[O-])cc1. The van der Waals surface area contributed by atoms with E-state index in [0.29, 0.717) is 51.6 Å². The Bertz CT molecular complexity index is 1900. The summed E-state index contributed by atoms with van der Waals surface area (Å²) in [6, 6.07) is 16.6. The summed E-state index contributed by atoms with van der Waals surface area (Å²) in [5, 5.41) is 13.0. The molecule has 3 rings (SSSR count). The Morgan fingerprint density at radius 1 is 0.807 bits per heavy atom. The van der Waals surface area contributed by atoms with E-state index in [2.05, 4.69) is 10.3 Å². The minimum absolute atomic E-state index is 0.0778. The molecule has 312 valence electrons. The van der Waals surface area contributed by atoms with Crippen molar-refractivity contribution in [2.45, 2.75) is 95.5 Å². The van der Waals surface area contributed by atoms with Gasteiger partial charge in [0.1, 0.15) is 21.7 Å². The van der Waals surface area contributed by atoms with Crippen molar-refractivity contribution in [2.24, 2.45) is 40.5 Å². The number of aromatic hydroxyl groups is 1. The topological polar surface area (TPSA) is 302 Å². The number of phenols is 1. The van der Waals surface area contributed by atoms with Crippen LogP contribution in [0.2, 0.25) is 0 Å². The molecular weight excluding hydrogens is 751 g/mol. The van der Waals surface area contributed by atoms with E-state index >= 15 is 0 Å². The summed E-state index contributed by atoms with van der Waals surface area (Å²) >= 11 is 0. The van der Waals surface area contributed by atoms with Gasteiger partial charge in [-0.05, 0) is 119 Å². The van der Waals surface area contributed by atoms with Crippen LogP contribution in [0.3, 0.4) is 0 Å². The summed E-state index contributed by atoms with van der Waals surface area (Å²) in [5.74, 6) is -3.07. The van der Waals surface area contributed by atoms with Gasteiger partial charge in [-0.1, -0.05) is 48.0 Å². The highest BCUT2D eigenvalue weighted by molar-refractivity contribution is 7.85. The number of amides is 2. The Kier molecular flexibility index (Phi) is 20.0. The molecule has 0 saturated heterocycles. The number of aryl methyl sites for hydroxylation is 3. The van der Waals surface area contributed by atoms with Crippen molar-refractivity contribution in [3.05, 3.63) is 94.5 Å². The first-order chi connectivity index (χ1) is 26.8. The van der Waals surface area contributed by atoms with Gasteiger partial charge in [-0.3, -0.25) is 35.6 Å². The molecule has 2 amide bonds. The molecule has 0 bridgehead atoms.